The molecule has 0 N–H and O–H groups in total. The van der Waals surface area contributed by atoms with Crippen molar-refractivity contribution in [2.45, 2.75) is 13.0 Å². The van der Waals surface area contributed by atoms with Crippen molar-refractivity contribution < 1.29 is 4.74 Å². The van der Waals surface area contributed by atoms with Crippen molar-refractivity contribution in [1.82, 2.24) is 0 Å². The fourth-order valence-electron chi connectivity index (χ4n) is 1.87. The molecule has 2 rings (SSSR count). The first kappa shape index (κ1) is 12.3. The molecular formula is C15H15BrO. The summed E-state index contributed by atoms with van der Waals surface area (Å²) in [5, 5.41) is 0. The molecule has 0 aliphatic heterocycles. The molecule has 1 unspecified atom stereocenters. The number of aryl methyl sites for hydroxylation is 1. The number of ether oxygens (including phenoxy) is 1. The highest BCUT2D eigenvalue weighted by Gasteiger charge is 2.15. The third kappa shape index (κ3) is 2.76. The van der Waals surface area contributed by atoms with Crippen LogP contribution in [-0.2, 0) is 4.74 Å². The zero-order valence-corrected chi connectivity index (χ0v) is 11.6. The maximum absolute atomic E-state index is 5.61. The minimum absolute atomic E-state index is 0.0221. The van der Waals surface area contributed by atoms with Gasteiger partial charge < -0.3 is 4.74 Å². The van der Waals surface area contributed by atoms with Gasteiger partial charge in [-0.3, -0.25) is 0 Å². The number of halogens is 1. The second-order valence-corrected chi connectivity index (χ2v) is 4.90. The SMILES string of the molecule is COC(c1ccc(C)cc1)c1ccccc1Br. The summed E-state index contributed by atoms with van der Waals surface area (Å²) < 4.78 is 6.69. The topological polar surface area (TPSA) is 9.23 Å². The standard InChI is InChI=1S/C15H15BrO/c1-11-7-9-12(10-8-11)15(17-2)13-5-3-4-6-14(13)16/h3-10,15H,1-2H3. The monoisotopic (exact) mass is 290 g/mol. The Hall–Kier alpha value is -1.12. The molecule has 0 aromatic heterocycles. The van der Waals surface area contributed by atoms with Crippen LogP contribution >= 0.6 is 15.9 Å². The molecule has 1 atom stereocenters. The molecule has 0 amide bonds. The first-order chi connectivity index (χ1) is 8.22. The molecule has 0 spiro atoms. The van der Waals surface area contributed by atoms with E-state index in [0.29, 0.717) is 0 Å². The number of hydrogen-bond donors (Lipinski definition) is 0. The number of hydrogen-bond acceptors (Lipinski definition) is 1. The molecule has 0 saturated carbocycles. The molecule has 2 heteroatoms. The first-order valence-corrected chi connectivity index (χ1v) is 6.35. The van der Waals surface area contributed by atoms with Crippen LogP contribution in [-0.4, -0.2) is 7.11 Å². The number of rotatable bonds is 3. The van der Waals surface area contributed by atoms with Crippen molar-refractivity contribution >= 4 is 15.9 Å². The van der Waals surface area contributed by atoms with Gasteiger partial charge in [-0.05, 0) is 24.1 Å². The van der Waals surface area contributed by atoms with Crippen LogP contribution in [0.2, 0.25) is 0 Å². The van der Waals surface area contributed by atoms with Crippen LogP contribution in [0, 0.1) is 6.92 Å². The molecule has 0 aliphatic rings. The summed E-state index contributed by atoms with van der Waals surface area (Å²) in [6.45, 7) is 2.09. The third-order valence-electron chi connectivity index (χ3n) is 2.80. The molecule has 2 aromatic rings. The lowest BCUT2D eigenvalue weighted by atomic mass is 10.0. The van der Waals surface area contributed by atoms with Gasteiger partial charge in [-0.2, -0.15) is 0 Å². The Morgan fingerprint density at radius 2 is 1.65 bits per heavy atom. The molecule has 1 nitrogen and oxygen atoms in total. The Kier molecular flexibility index (Phi) is 3.97. The Morgan fingerprint density at radius 3 is 2.24 bits per heavy atom. The van der Waals surface area contributed by atoms with Gasteiger partial charge in [0.15, 0.2) is 0 Å². The molecule has 88 valence electrons. The highest BCUT2D eigenvalue weighted by Crippen LogP contribution is 2.30. The van der Waals surface area contributed by atoms with Crippen molar-refractivity contribution in [1.29, 1.82) is 0 Å². The van der Waals surface area contributed by atoms with Crippen molar-refractivity contribution in [3.63, 3.8) is 0 Å². The fourth-order valence-corrected chi connectivity index (χ4v) is 2.36. The lowest BCUT2D eigenvalue weighted by Crippen LogP contribution is -2.04. The lowest BCUT2D eigenvalue weighted by molar-refractivity contribution is 0.136. The molecule has 0 saturated heterocycles. The highest BCUT2D eigenvalue weighted by molar-refractivity contribution is 9.10. The Balaban J connectivity index is 2.40. The summed E-state index contributed by atoms with van der Waals surface area (Å²) in [7, 11) is 1.74. The molecule has 0 fully saturated rings. The van der Waals surface area contributed by atoms with E-state index < -0.39 is 0 Å². The quantitative estimate of drug-likeness (QED) is 0.809. The van der Waals surface area contributed by atoms with Crippen molar-refractivity contribution in [2.24, 2.45) is 0 Å². The van der Waals surface area contributed by atoms with Gasteiger partial charge in [-0.25, -0.2) is 0 Å². The molecule has 0 aliphatic carbocycles. The van der Waals surface area contributed by atoms with E-state index >= 15 is 0 Å². The third-order valence-corrected chi connectivity index (χ3v) is 3.53. The maximum Gasteiger partial charge on any atom is 0.108 e. The van der Waals surface area contributed by atoms with E-state index in [1.165, 1.54) is 11.1 Å². The summed E-state index contributed by atoms with van der Waals surface area (Å²) in [6, 6.07) is 16.6. The normalized spacial score (nSPS) is 12.4. The van der Waals surface area contributed by atoms with Gasteiger partial charge in [0.05, 0.1) is 0 Å². The van der Waals surface area contributed by atoms with Crippen LogP contribution in [0.25, 0.3) is 0 Å². The van der Waals surface area contributed by atoms with Crippen LogP contribution in [0.5, 0.6) is 0 Å². The van der Waals surface area contributed by atoms with E-state index in [1.54, 1.807) is 7.11 Å². The van der Waals surface area contributed by atoms with Crippen molar-refractivity contribution in [3.8, 4) is 0 Å². The Labute approximate surface area is 111 Å². The molecule has 0 bridgehead atoms. The van der Waals surface area contributed by atoms with Crippen LogP contribution in [0.4, 0.5) is 0 Å². The van der Waals surface area contributed by atoms with Gasteiger partial charge in [0.1, 0.15) is 6.10 Å². The highest BCUT2D eigenvalue weighted by atomic mass is 79.9. The summed E-state index contributed by atoms with van der Waals surface area (Å²) in [5.41, 5.74) is 3.58. The van der Waals surface area contributed by atoms with Gasteiger partial charge >= 0.3 is 0 Å². The Morgan fingerprint density at radius 1 is 1.00 bits per heavy atom. The Bertz CT molecular complexity index is 491. The van der Waals surface area contributed by atoms with E-state index in [1.807, 2.05) is 18.2 Å². The molecule has 2 aromatic carbocycles. The average molecular weight is 291 g/mol. The van der Waals surface area contributed by atoms with Crippen molar-refractivity contribution in [3.05, 3.63) is 69.7 Å². The van der Waals surface area contributed by atoms with E-state index in [0.717, 1.165) is 10.0 Å². The first-order valence-electron chi connectivity index (χ1n) is 5.56. The summed E-state index contributed by atoms with van der Waals surface area (Å²) in [6.07, 6.45) is -0.0221. The maximum atomic E-state index is 5.61. The van der Waals surface area contributed by atoms with Crippen LogP contribution in [0.1, 0.15) is 22.8 Å². The molecule has 0 heterocycles. The van der Waals surface area contributed by atoms with Gasteiger partial charge in [-0.1, -0.05) is 64.0 Å². The summed E-state index contributed by atoms with van der Waals surface area (Å²) >= 11 is 3.57. The minimum atomic E-state index is -0.0221. The zero-order valence-electron chi connectivity index (χ0n) is 9.98. The minimum Gasteiger partial charge on any atom is -0.372 e. The largest absolute Gasteiger partial charge is 0.372 e. The predicted molar refractivity (Wildman–Crippen MR) is 74.2 cm³/mol. The molecule has 17 heavy (non-hydrogen) atoms. The van der Waals surface area contributed by atoms with Gasteiger partial charge in [0.25, 0.3) is 0 Å². The van der Waals surface area contributed by atoms with E-state index in [9.17, 15) is 0 Å². The van der Waals surface area contributed by atoms with E-state index in [4.69, 9.17) is 4.74 Å². The lowest BCUT2D eigenvalue weighted by Gasteiger charge is -2.17. The van der Waals surface area contributed by atoms with Crippen LogP contribution in [0.3, 0.4) is 0 Å². The van der Waals surface area contributed by atoms with E-state index in [-0.39, 0.29) is 6.10 Å². The average Bonchev–Trinajstić information content (AvgIpc) is 2.35. The predicted octanol–water partition coefficient (Wildman–Crippen LogP) is 4.49. The van der Waals surface area contributed by atoms with Crippen molar-refractivity contribution in [2.75, 3.05) is 7.11 Å². The second kappa shape index (κ2) is 5.48. The summed E-state index contributed by atoms with van der Waals surface area (Å²) in [4.78, 5) is 0. The molecule has 0 radical (unpaired) electrons. The van der Waals surface area contributed by atoms with Gasteiger partial charge in [0, 0.05) is 11.6 Å². The van der Waals surface area contributed by atoms with Crippen LogP contribution < -0.4 is 0 Å². The number of methoxy groups -OCH3 is 1. The zero-order chi connectivity index (χ0) is 12.3. The molecular weight excluding hydrogens is 276 g/mol. The number of benzene rings is 2. The summed E-state index contributed by atoms with van der Waals surface area (Å²) in [5.74, 6) is 0. The van der Waals surface area contributed by atoms with Gasteiger partial charge in [0.2, 0.25) is 0 Å². The smallest absolute Gasteiger partial charge is 0.108 e. The fraction of sp³-hybridized carbons (Fsp3) is 0.200. The van der Waals surface area contributed by atoms with Crippen LogP contribution in [0.15, 0.2) is 53.0 Å². The van der Waals surface area contributed by atoms with Gasteiger partial charge in [-0.15, -0.1) is 0 Å². The van der Waals surface area contributed by atoms with E-state index in [2.05, 4.69) is 53.2 Å². The second-order valence-electron chi connectivity index (χ2n) is 4.05.